The van der Waals surface area contributed by atoms with Crippen molar-refractivity contribution in [1.29, 1.82) is 0 Å². The van der Waals surface area contributed by atoms with Crippen LogP contribution in [0.2, 0.25) is 0 Å². The summed E-state index contributed by atoms with van der Waals surface area (Å²) in [7, 11) is 0. The number of hydrogen-bond acceptors (Lipinski definition) is 1. The molecule has 0 N–H and O–H groups in total. The zero-order chi connectivity index (χ0) is 7.56. The van der Waals surface area contributed by atoms with Crippen LogP contribution in [0.3, 0.4) is 0 Å². The Labute approximate surface area is 61.9 Å². The molecule has 0 amide bonds. The molecule has 1 aromatic heterocycles. The second kappa shape index (κ2) is 2.86. The number of aromatic nitrogens is 2. The lowest BCUT2D eigenvalue weighted by molar-refractivity contribution is 0.518. The summed E-state index contributed by atoms with van der Waals surface area (Å²) in [6.45, 7) is 9.21. The molecular weight excluding hydrogens is 124 g/mol. The van der Waals surface area contributed by atoms with E-state index >= 15 is 0 Å². The van der Waals surface area contributed by atoms with Crippen LogP contribution in [0, 0.1) is 12.8 Å². The van der Waals surface area contributed by atoms with Crippen molar-refractivity contribution in [3.05, 3.63) is 25.1 Å². The number of hydrogen-bond donors (Lipinski definition) is 0. The van der Waals surface area contributed by atoms with Crippen molar-refractivity contribution in [1.82, 2.24) is 9.55 Å². The second-order valence-electron chi connectivity index (χ2n) is 2.93. The first kappa shape index (κ1) is 7.32. The van der Waals surface area contributed by atoms with Crippen LogP contribution >= 0.6 is 0 Å². The highest BCUT2D eigenvalue weighted by Crippen LogP contribution is 2.01. The van der Waals surface area contributed by atoms with Gasteiger partial charge in [0.1, 0.15) is 0 Å². The lowest BCUT2D eigenvalue weighted by Gasteiger charge is -2.06. The van der Waals surface area contributed by atoms with Crippen molar-refractivity contribution in [2.75, 3.05) is 0 Å². The molecule has 1 aromatic rings. The van der Waals surface area contributed by atoms with Crippen LogP contribution in [0.1, 0.15) is 19.5 Å². The van der Waals surface area contributed by atoms with Gasteiger partial charge in [0.25, 0.3) is 0 Å². The quantitative estimate of drug-likeness (QED) is 0.607. The molecule has 2 heteroatoms. The van der Waals surface area contributed by atoms with E-state index in [-0.39, 0.29) is 0 Å². The molecule has 0 aliphatic heterocycles. The summed E-state index contributed by atoms with van der Waals surface area (Å²) in [4.78, 5) is 3.98. The molecule has 0 spiro atoms. The van der Waals surface area contributed by atoms with E-state index in [0.717, 1.165) is 12.2 Å². The molecule has 0 fully saturated rings. The minimum Gasteiger partial charge on any atom is -0.334 e. The zero-order valence-corrected chi connectivity index (χ0v) is 6.54. The van der Waals surface area contributed by atoms with Gasteiger partial charge in [-0.05, 0) is 12.8 Å². The summed E-state index contributed by atoms with van der Waals surface area (Å²) in [5.41, 5.74) is 0.994. The Morgan fingerprint density at radius 2 is 2.40 bits per heavy atom. The average molecular weight is 137 g/mol. The molecule has 0 bridgehead atoms. The first-order valence-corrected chi connectivity index (χ1v) is 3.52. The van der Waals surface area contributed by atoms with Crippen LogP contribution in [-0.2, 0) is 6.54 Å². The Morgan fingerprint density at radius 1 is 1.70 bits per heavy atom. The van der Waals surface area contributed by atoms with E-state index in [4.69, 9.17) is 0 Å². The van der Waals surface area contributed by atoms with Crippen LogP contribution in [0.15, 0.2) is 12.5 Å². The lowest BCUT2D eigenvalue weighted by Crippen LogP contribution is -2.04. The Morgan fingerprint density at radius 3 is 2.80 bits per heavy atom. The Bertz CT molecular complexity index is 201. The van der Waals surface area contributed by atoms with Gasteiger partial charge in [-0.15, -0.1) is 0 Å². The molecule has 0 unspecified atom stereocenters. The van der Waals surface area contributed by atoms with Gasteiger partial charge in [0.2, 0.25) is 0 Å². The molecule has 1 radical (unpaired) electrons. The van der Waals surface area contributed by atoms with Crippen molar-refractivity contribution < 1.29 is 0 Å². The molecular formula is C8H13N2. The topological polar surface area (TPSA) is 17.8 Å². The molecule has 0 aliphatic rings. The second-order valence-corrected chi connectivity index (χ2v) is 2.93. The fraction of sp³-hybridized carbons (Fsp3) is 0.500. The summed E-state index contributed by atoms with van der Waals surface area (Å²) in [6, 6.07) is 0. The van der Waals surface area contributed by atoms with E-state index in [2.05, 4.69) is 30.3 Å². The van der Waals surface area contributed by atoms with Gasteiger partial charge in [-0.3, -0.25) is 0 Å². The fourth-order valence-electron chi connectivity index (χ4n) is 0.906. The maximum Gasteiger partial charge on any atom is 0.0948 e. The molecule has 10 heavy (non-hydrogen) atoms. The Balaban J connectivity index is 2.65. The maximum atomic E-state index is 3.98. The first-order valence-electron chi connectivity index (χ1n) is 3.52. The highest BCUT2D eigenvalue weighted by atomic mass is 15.0. The predicted molar refractivity (Wildman–Crippen MR) is 41.5 cm³/mol. The van der Waals surface area contributed by atoms with Crippen molar-refractivity contribution in [3.63, 3.8) is 0 Å². The minimum absolute atomic E-state index is 0.662. The van der Waals surface area contributed by atoms with Crippen molar-refractivity contribution in [2.24, 2.45) is 5.92 Å². The van der Waals surface area contributed by atoms with Gasteiger partial charge in [0.05, 0.1) is 6.33 Å². The highest BCUT2D eigenvalue weighted by Gasteiger charge is 1.97. The van der Waals surface area contributed by atoms with Crippen molar-refractivity contribution in [2.45, 2.75) is 20.4 Å². The van der Waals surface area contributed by atoms with E-state index < -0.39 is 0 Å². The van der Waals surface area contributed by atoms with E-state index in [0.29, 0.717) is 5.92 Å². The minimum atomic E-state index is 0.662. The molecule has 0 aliphatic carbocycles. The summed E-state index contributed by atoms with van der Waals surface area (Å²) >= 11 is 0. The van der Waals surface area contributed by atoms with Crippen molar-refractivity contribution >= 4 is 0 Å². The third-order valence-corrected chi connectivity index (χ3v) is 1.36. The van der Waals surface area contributed by atoms with Gasteiger partial charge < -0.3 is 4.57 Å². The fourth-order valence-corrected chi connectivity index (χ4v) is 0.906. The maximum absolute atomic E-state index is 3.98. The Hall–Kier alpha value is -0.790. The van der Waals surface area contributed by atoms with Gasteiger partial charge in [0, 0.05) is 18.4 Å². The highest BCUT2D eigenvalue weighted by molar-refractivity contribution is 5.01. The summed E-state index contributed by atoms with van der Waals surface area (Å²) < 4.78 is 2.06. The average Bonchev–Trinajstić information content (AvgIpc) is 2.15. The lowest BCUT2D eigenvalue weighted by atomic mass is 10.2. The molecule has 0 atom stereocenters. The third-order valence-electron chi connectivity index (χ3n) is 1.36. The Kier molecular flexibility index (Phi) is 2.10. The molecule has 1 rings (SSSR count). The summed E-state index contributed by atoms with van der Waals surface area (Å²) in [6.07, 6.45) is 3.60. The SMILES string of the molecule is [CH2]c1cncn1CC(C)C. The van der Waals surface area contributed by atoms with Crippen LogP contribution in [0.5, 0.6) is 0 Å². The molecule has 1 heterocycles. The molecule has 55 valence electrons. The molecule has 2 nitrogen and oxygen atoms in total. The molecule has 0 saturated heterocycles. The number of nitrogens with zero attached hydrogens (tertiary/aromatic N) is 2. The number of imidazole rings is 1. The van der Waals surface area contributed by atoms with Gasteiger partial charge >= 0.3 is 0 Å². The molecule has 0 aromatic carbocycles. The van der Waals surface area contributed by atoms with Gasteiger partial charge in [0.15, 0.2) is 0 Å². The monoisotopic (exact) mass is 137 g/mol. The smallest absolute Gasteiger partial charge is 0.0948 e. The predicted octanol–water partition coefficient (Wildman–Crippen LogP) is 1.72. The number of rotatable bonds is 2. The van der Waals surface area contributed by atoms with Crippen LogP contribution in [0.4, 0.5) is 0 Å². The largest absolute Gasteiger partial charge is 0.334 e. The van der Waals surface area contributed by atoms with Crippen LogP contribution in [-0.4, -0.2) is 9.55 Å². The van der Waals surface area contributed by atoms with Crippen LogP contribution < -0.4 is 0 Å². The van der Waals surface area contributed by atoms with Gasteiger partial charge in [-0.25, -0.2) is 4.98 Å². The standard InChI is InChI=1S/C8H13N2/c1-7(2)5-10-6-9-4-8(10)3/h4,6-7H,3,5H2,1-2H3. The molecule has 0 saturated carbocycles. The zero-order valence-electron chi connectivity index (χ0n) is 6.54. The van der Waals surface area contributed by atoms with E-state index in [1.807, 2.05) is 6.33 Å². The third kappa shape index (κ3) is 1.59. The normalized spacial score (nSPS) is 10.8. The van der Waals surface area contributed by atoms with E-state index in [1.54, 1.807) is 6.20 Å². The van der Waals surface area contributed by atoms with Gasteiger partial charge in [-0.1, -0.05) is 13.8 Å². The van der Waals surface area contributed by atoms with Crippen molar-refractivity contribution in [3.8, 4) is 0 Å². The first-order chi connectivity index (χ1) is 4.70. The van der Waals surface area contributed by atoms with Gasteiger partial charge in [-0.2, -0.15) is 0 Å². The van der Waals surface area contributed by atoms with Crippen LogP contribution in [0.25, 0.3) is 0 Å². The van der Waals surface area contributed by atoms with E-state index in [9.17, 15) is 0 Å². The summed E-state index contributed by atoms with van der Waals surface area (Å²) in [5.74, 6) is 0.662. The summed E-state index contributed by atoms with van der Waals surface area (Å²) in [5, 5.41) is 0. The van der Waals surface area contributed by atoms with E-state index in [1.165, 1.54) is 0 Å².